The van der Waals surface area contributed by atoms with Gasteiger partial charge in [-0.25, -0.2) is 10.8 Å². The van der Waals surface area contributed by atoms with Gasteiger partial charge in [0.2, 0.25) is 0 Å². The van der Waals surface area contributed by atoms with Crippen molar-refractivity contribution in [3.63, 3.8) is 0 Å². The summed E-state index contributed by atoms with van der Waals surface area (Å²) in [4.78, 5) is 15.4. The van der Waals surface area contributed by atoms with Gasteiger partial charge in [-0.05, 0) is 18.2 Å². The minimum absolute atomic E-state index is 0.0108. The molecular formula is C13H16N4O5. The summed E-state index contributed by atoms with van der Waals surface area (Å²) in [6, 6.07) is 4.90. The molecule has 0 unspecified atom stereocenters. The van der Waals surface area contributed by atoms with Gasteiger partial charge in [-0.15, -0.1) is 0 Å². The number of aromatic nitrogens is 2. The van der Waals surface area contributed by atoms with E-state index in [1.165, 1.54) is 6.33 Å². The third-order valence-electron chi connectivity index (χ3n) is 2.87. The van der Waals surface area contributed by atoms with Gasteiger partial charge < -0.3 is 24.3 Å². The van der Waals surface area contributed by atoms with Crippen molar-refractivity contribution in [2.45, 2.75) is 6.54 Å². The monoisotopic (exact) mass is 308 g/mol. The molecule has 0 spiro atoms. The van der Waals surface area contributed by atoms with E-state index in [1.807, 2.05) is 5.43 Å². The first-order valence-corrected chi connectivity index (χ1v) is 6.31. The molecule has 5 N–H and O–H groups in total. The van der Waals surface area contributed by atoms with Crippen LogP contribution in [0.5, 0.6) is 11.5 Å². The lowest BCUT2D eigenvalue weighted by molar-refractivity contribution is -0.121. The van der Waals surface area contributed by atoms with Gasteiger partial charge in [-0.2, -0.15) is 0 Å². The maximum Gasteiger partial charge on any atom is 0.253 e. The molecule has 0 bridgehead atoms. The normalized spacial score (nSPS) is 10.3. The zero-order valence-electron chi connectivity index (χ0n) is 11.6. The number of carbonyl (C=O) groups is 1. The van der Waals surface area contributed by atoms with Gasteiger partial charge in [0, 0.05) is 5.56 Å². The largest absolute Gasteiger partial charge is 0.464 e. The molecule has 0 saturated heterocycles. The van der Waals surface area contributed by atoms with Crippen molar-refractivity contribution in [3.05, 3.63) is 30.7 Å². The second-order valence-corrected chi connectivity index (χ2v) is 4.18. The van der Waals surface area contributed by atoms with Gasteiger partial charge in [0.05, 0.1) is 18.2 Å². The Morgan fingerprint density at radius 2 is 2.00 bits per heavy atom. The Morgan fingerprint density at radius 3 is 2.68 bits per heavy atom. The number of aliphatic hydroxyl groups is 2. The number of benzene rings is 1. The van der Waals surface area contributed by atoms with Crippen LogP contribution in [-0.2, 0) is 11.3 Å². The van der Waals surface area contributed by atoms with Gasteiger partial charge >= 0.3 is 0 Å². The van der Waals surface area contributed by atoms with Crippen LogP contribution in [0.1, 0.15) is 0 Å². The fraction of sp³-hybridized carbons (Fsp3) is 0.231. The molecule has 0 fully saturated rings. The molecule has 0 aliphatic carbocycles. The van der Waals surface area contributed by atoms with Gasteiger partial charge in [-0.1, -0.05) is 0 Å². The van der Waals surface area contributed by atoms with Crippen molar-refractivity contribution in [1.82, 2.24) is 15.0 Å². The number of aliphatic hydroxyl groups excluding tert-OH is 2. The lowest BCUT2D eigenvalue weighted by Crippen LogP contribution is -2.33. The molecule has 118 valence electrons. The minimum atomic E-state index is -0.542. The molecular weight excluding hydrogens is 292 g/mol. The molecule has 0 atom stereocenters. The number of hydrazine groups is 1. The molecule has 1 amide bonds. The number of nitrogens with zero attached hydrogens (tertiary/aromatic N) is 2. The van der Waals surface area contributed by atoms with Gasteiger partial charge in [0.1, 0.15) is 6.54 Å². The maximum atomic E-state index is 11.4. The Balaban J connectivity index is 2.34. The average molecular weight is 308 g/mol. The molecule has 0 aliphatic heterocycles. The van der Waals surface area contributed by atoms with Crippen LogP contribution in [0, 0.1) is 0 Å². The predicted molar refractivity (Wildman–Crippen MR) is 75.4 cm³/mol. The van der Waals surface area contributed by atoms with Crippen molar-refractivity contribution in [2.24, 2.45) is 5.84 Å². The van der Waals surface area contributed by atoms with E-state index in [0.717, 1.165) is 0 Å². The van der Waals surface area contributed by atoms with E-state index in [2.05, 4.69) is 4.98 Å². The molecule has 2 aromatic rings. The van der Waals surface area contributed by atoms with Crippen molar-refractivity contribution in [2.75, 3.05) is 13.6 Å². The molecule has 0 saturated carbocycles. The van der Waals surface area contributed by atoms with Crippen molar-refractivity contribution >= 4 is 5.91 Å². The average Bonchev–Trinajstić information content (AvgIpc) is 2.97. The summed E-state index contributed by atoms with van der Waals surface area (Å²) in [7, 11) is 0. The summed E-state index contributed by atoms with van der Waals surface area (Å²) in [5.74, 6) is 5.24. The molecule has 9 heteroatoms. The Hall–Kier alpha value is -2.62. The molecule has 0 aliphatic rings. The summed E-state index contributed by atoms with van der Waals surface area (Å²) in [5, 5.41) is 17.7. The van der Waals surface area contributed by atoms with Crippen LogP contribution in [-0.4, -0.2) is 39.3 Å². The van der Waals surface area contributed by atoms with Crippen LogP contribution in [0.25, 0.3) is 11.3 Å². The van der Waals surface area contributed by atoms with E-state index in [1.54, 1.807) is 29.0 Å². The first kappa shape index (κ1) is 15.8. The molecule has 1 aromatic heterocycles. The first-order chi connectivity index (χ1) is 10.7. The highest BCUT2D eigenvalue weighted by Crippen LogP contribution is 2.32. The zero-order valence-corrected chi connectivity index (χ0v) is 11.6. The Morgan fingerprint density at radius 1 is 1.27 bits per heavy atom. The number of amides is 1. The van der Waals surface area contributed by atoms with E-state index in [0.29, 0.717) is 11.3 Å². The van der Waals surface area contributed by atoms with E-state index in [9.17, 15) is 4.79 Å². The highest BCUT2D eigenvalue weighted by Gasteiger charge is 2.12. The Labute approximate surface area is 125 Å². The summed E-state index contributed by atoms with van der Waals surface area (Å²) in [6.07, 6.45) is 3.07. The quantitative estimate of drug-likeness (QED) is 0.228. The lowest BCUT2D eigenvalue weighted by atomic mass is 10.1. The summed E-state index contributed by atoms with van der Waals surface area (Å²) < 4.78 is 11.7. The minimum Gasteiger partial charge on any atom is -0.464 e. The van der Waals surface area contributed by atoms with Gasteiger partial charge in [0.15, 0.2) is 25.1 Å². The highest BCUT2D eigenvalue weighted by atomic mass is 16.6. The summed E-state index contributed by atoms with van der Waals surface area (Å²) in [6.45, 7) is -1.05. The smallest absolute Gasteiger partial charge is 0.253 e. The van der Waals surface area contributed by atoms with Crippen molar-refractivity contribution in [1.29, 1.82) is 0 Å². The van der Waals surface area contributed by atoms with E-state index in [-0.39, 0.29) is 24.0 Å². The molecule has 1 aromatic carbocycles. The maximum absolute atomic E-state index is 11.4. The second-order valence-electron chi connectivity index (χ2n) is 4.18. The predicted octanol–water partition coefficient (Wildman–Crippen LogP) is -0.803. The summed E-state index contributed by atoms with van der Waals surface area (Å²) in [5.41, 5.74) is 3.39. The number of hydrogen-bond donors (Lipinski definition) is 4. The standard InChI is InChI=1S/C13H16N4O5/c14-16-13(20)5-17-6-15-4-10(17)9-1-2-11(21-7-18)12(3-9)22-8-19/h1-4,6,18-19H,5,7-8,14H2,(H,16,20). The number of hydrogen-bond acceptors (Lipinski definition) is 7. The second kappa shape index (κ2) is 7.41. The lowest BCUT2D eigenvalue weighted by Gasteiger charge is -2.12. The molecule has 9 nitrogen and oxygen atoms in total. The molecule has 0 radical (unpaired) electrons. The number of carbonyl (C=O) groups excluding carboxylic acids is 1. The van der Waals surface area contributed by atoms with E-state index < -0.39 is 13.6 Å². The van der Waals surface area contributed by atoms with Crippen LogP contribution in [0.3, 0.4) is 0 Å². The van der Waals surface area contributed by atoms with Gasteiger partial charge in [0.25, 0.3) is 5.91 Å². The third kappa shape index (κ3) is 3.52. The summed E-state index contributed by atoms with van der Waals surface area (Å²) >= 11 is 0. The number of ether oxygens (including phenoxy) is 2. The molecule has 2 rings (SSSR count). The van der Waals surface area contributed by atoms with Crippen molar-refractivity contribution < 1.29 is 24.5 Å². The Kier molecular flexibility index (Phi) is 5.31. The van der Waals surface area contributed by atoms with Crippen LogP contribution in [0.2, 0.25) is 0 Å². The number of nitrogens with two attached hydrogens (primary N) is 1. The Bertz CT molecular complexity index is 643. The number of imidazole rings is 1. The topological polar surface area (TPSA) is 132 Å². The van der Waals surface area contributed by atoms with Gasteiger partial charge in [-0.3, -0.25) is 10.2 Å². The van der Waals surface area contributed by atoms with Crippen LogP contribution in [0.4, 0.5) is 0 Å². The fourth-order valence-electron chi connectivity index (χ4n) is 1.93. The highest BCUT2D eigenvalue weighted by molar-refractivity contribution is 5.76. The number of rotatable bonds is 7. The first-order valence-electron chi connectivity index (χ1n) is 6.31. The number of nitrogens with one attached hydrogen (secondary N) is 1. The molecule has 22 heavy (non-hydrogen) atoms. The van der Waals surface area contributed by atoms with Crippen LogP contribution in [0.15, 0.2) is 30.7 Å². The van der Waals surface area contributed by atoms with Crippen LogP contribution >= 0.6 is 0 Å². The fourth-order valence-corrected chi connectivity index (χ4v) is 1.93. The third-order valence-corrected chi connectivity index (χ3v) is 2.87. The van der Waals surface area contributed by atoms with E-state index in [4.69, 9.17) is 25.5 Å². The van der Waals surface area contributed by atoms with E-state index >= 15 is 0 Å². The van der Waals surface area contributed by atoms with Crippen LogP contribution < -0.4 is 20.7 Å². The van der Waals surface area contributed by atoms with Crippen molar-refractivity contribution in [3.8, 4) is 22.8 Å². The molecule has 1 heterocycles. The zero-order chi connectivity index (χ0) is 15.9. The SMILES string of the molecule is NNC(=O)Cn1cncc1-c1ccc(OCO)c(OCO)c1.